The van der Waals surface area contributed by atoms with Crippen LogP contribution >= 0.6 is 34.8 Å². The summed E-state index contributed by atoms with van der Waals surface area (Å²) in [5.41, 5.74) is -0.547. The van der Waals surface area contributed by atoms with Gasteiger partial charge in [0.05, 0.1) is 51.7 Å². The van der Waals surface area contributed by atoms with E-state index in [1.807, 2.05) is 0 Å². The Hall–Kier alpha value is -2.86. The van der Waals surface area contributed by atoms with E-state index in [1.165, 1.54) is 42.4 Å². The number of aromatic nitrogens is 2. The van der Waals surface area contributed by atoms with Crippen molar-refractivity contribution in [3.63, 3.8) is 0 Å². The van der Waals surface area contributed by atoms with Crippen molar-refractivity contribution in [2.75, 3.05) is 7.11 Å². The van der Waals surface area contributed by atoms with E-state index in [4.69, 9.17) is 39.6 Å². The van der Waals surface area contributed by atoms with Gasteiger partial charge in [-0.3, -0.25) is 10.3 Å². The Balaban J connectivity index is 1.69. The molecule has 1 fully saturated rings. The number of nitrogens with zero attached hydrogens (tertiary/aromatic N) is 3. The van der Waals surface area contributed by atoms with Gasteiger partial charge in [-0.2, -0.15) is 18.3 Å². The first kappa shape index (κ1) is 25.2. The Morgan fingerprint density at radius 3 is 2.51 bits per heavy atom. The molecule has 0 bridgehead atoms. The molecular formula is C21H13Cl3F4N4O3. The van der Waals surface area contributed by atoms with Gasteiger partial charge in [0.15, 0.2) is 5.82 Å². The van der Waals surface area contributed by atoms with Crippen LogP contribution in [0.1, 0.15) is 22.3 Å². The number of alkyl halides is 3. The number of rotatable bonds is 4. The maximum absolute atomic E-state index is 14.1. The number of nitrogens with one attached hydrogen (secondary N) is 1. The van der Waals surface area contributed by atoms with Gasteiger partial charge in [0.25, 0.3) is 0 Å². The SMILES string of the molecule is COC(=O)c1cnn(-c2cc(N=C3CC(c4cc(Cl)c(F)c(Cl)c4)(C(F)(F)F)ON3)ccc2Cl)c1. The Morgan fingerprint density at radius 1 is 1.20 bits per heavy atom. The highest BCUT2D eigenvalue weighted by Gasteiger charge is 2.62. The van der Waals surface area contributed by atoms with Crippen molar-refractivity contribution >= 4 is 52.3 Å². The van der Waals surface area contributed by atoms with Crippen LogP contribution in [-0.4, -0.2) is 34.9 Å². The van der Waals surface area contributed by atoms with Gasteiger partial charge in [0.2, 0.25) is 5.60 Å². The maximum Gasteiger partial charge on any atom is 0.424 e. The lowest BCUT2D eigenvalue weighted by molar-refractivity contribution is -0.282. The van der Waals surface area contributed by atoms with Crippen molar-refractivity contribution in [2.45, 2.75) is 18.2 Å². The third kappa shape index (κ3) is 4.68. The summed E-state index contributed by atoms with van der Waals surface area (Å²) in [6.07, 6.45) is -3.07. The Bertz CT molecular complexity index is 1320. The number of hydrogen-bond donors (Lipinski definition) is 1. The van der Waals surface area contributed by atoms with E-state index >= 15 is 0 Å². The van der Waals surface area contributed by atoms with Crippen LogP contribution in [0.3, 0.4) is 0 Å². The third-order valence-corrected chi connectivity index (χ3v) is 5.98. The smallest absolute Gasteiger partial charge is 0.424 e. The summed E-state index contributed by atoms with van der Waals surface area (Å²) in [5, 5.41) is 3.12. The highest BCUT2D eigenvalue weighted by molar-refractivity contribution is 6.35. The van der Waals surface area contributed by atoms with Crippen LogP contribution in [0.4, 0.5) is 23.2 Å². The van der Waals surface area contributed by atoms with Crippen LogP contribution in [0.25, 0.3) is 5.69 Å². The molecule has 0 saturated carbocycles. The molecule has 1 unspecified atom stereocenters. The molecule has 1 aliphatic rings. The molecule has 35 heavy (non-hydrogen) atoms. The zero-order chi connectivity index (χ0) is 25.5. The number of benzene rings is 2. The van der Waals surface area contributed by atoms with Crippen molar-refractivity contribution in [2.24, 2.45) is 4.99 Å². The van der Waals surface area contributed by atoms with E-state index < -0.39 is 45.6 Å². The molecule has 14 heteroatoms. The molecule has 184 valence electrons. The Kier molecular flexibility index (Phi) is 6.71. The molecule has 1 aliphatic heterocycles. The summed E-state index contributed by atoms with van der Waals surface area (Å²) in [4.78, 5) is 20.8. The minimum atomic E-state index is -4.94. The van der Waals surface area contributed by atoms with E-state index in [2.05, 4.69) is 20.3 Å². The molecule has 4 rings (SSSR count). The monoisotopic (exact) mass is 550 g/mol. The zero-order valence-electron chi connectivity index (χ0n) is 17.5. The fourth-order valence-corrected chi connectivity index (χ4v) is 4.06. The van der Waals surface area contributed by atoms with Gasteiger partial charge >= 0.3 is 12.1 Å². The van der Waals surface area contributed by atoms with Crippen molar-refractivity contribution in [1.29, 1.82) is 0 Å². The van der Waals surface area contributed by atoms with Crippen LogP contribution in [0.5, 0.6) is 0 Å². The van der Waals surface area contributed by atoms with Crippen LogP contribution < -0.4 is 5.48 Å². The number of carbonyl (C=O) groups is 1. The average molecular weight is 552 g/mol. The Labute approximate surface area is 210 Å². The van der Waals surface area contributed by atoms with E-state index in [1.54, 1.807) is 0 Å². The number of halogens is 7. The van der Waals surface area contributed by atoms with Crippen molar-refractivity contribution < 1.29 is 31.9 Å². The minimum absolute atomic E-state index is 0.165. The molecule has 0 aliphatic carbocycles. The van der Waals surface area contributed by atoms with E-state index in [-0.39, 0.29) is 22.1 Å². The lowest BCUT2D eigenvalue weighted by atomic mass is 9.90. The predicted molar refractivity (Wildman–Crippen MR) is 120 cm³/mol. The highest BCUT2D eigenvalue weighted by atomic mass is 35.5. The number of ether oxygens (including phenoxy) is 1. The Morgan fingerprint density at radius 2 is 1.89 bits per heavy atom. The molecule has 1 saturated heterocycles. The normalized spacial score (nSPS) is 19.1. The van der Waals surface area contributed by atoms with Gasteiger partial charge in [-0.05, 0) is 35.9 Å². The van der Waals surface area contributed by atoms with Gasteiger partial charge in [-0.15, -0.1) is 0 Å². The molecule has 0 spiro atoms. The second kappa shape index (κ2) is 9.30. The van der Waals surface area contributed by atoms with Crippen molar-refractivity contribution in [3.8, 4) is 5.69 Å². The van der Waals surface area contributed by atoms with Crippen LogP contribution in [0.15, 0.2) is 47.7 Å². The van der Waals surface area contributed by atoms with Crippen LogP contribution in [0, 0.1) is 5.82 Å². The summed E-state index contributed by atoms with van der Waals surface area (Å²) in [6, 6.07) is 5.98. The number of aliphatic imine (C=N–C) groups is 1. The number of hydroxylamine groups is 1. The van der Waals surface area contributed by atoms with Crippen molar-refractivity contribution in [1.82, 2.24) is 15.3 Å². The number of amidine groups is 1. The molecular weight excluding hydrogens is 539 g/mol. The second-order valence-corrected chi connectivity index (χ2v) is 8.54. The molecule has 1 aromatic heterocycles. The van der Waals surface area contributed by atoms with Crippen LogP contribution in [-0.2, 0) is 15.2 Å². The van der Waals surface area contributed by atoms with Gasteiger partial charge in [0.1, 0.15) is 5.84 Å². The fraction of sp³-hybridized carbons (Fsp3) is 0.190. The maximum atomic E-state index is 14.1. The summed E-state index contributed by atoms with van der Waals surface area (Å²) in [7, 11) is 1.22. The standard InChI is InChI=1S/C21H13Cl3F4N4O3/c1-34-19(33)10-8-29-32(9-10)16-6-12(2-3-13(16)22)30-17-7-20(35-31-17,21(26,27)28)11-4-14(23)18(25)15(24)5-11/h2-6,8-9H,7H2,1H3,(H,30,31). The fourth-order valence-electron chi connectivity index (χ4n) is 3.37. The summed E-state index contributed by atoms with van der Waals surface area (Å²) in [5.74, 6) is -1.83. The first-order valence-corrected chi connectivity index (χ1v) is 10.7. The molecule has 1 N–H and O–H groups in total. The topological polar surface area (TPSA) is 77.7 Å². The highest BCUT2D eigenvalue weighted by Crippen LogP contribution is 2.48. The molecule has 7 nitrogen and oxygen atoms in total. The summed E-state index contributed by atoms with van der Waals surface area (Å²) < 4.78 is 62.2. The first-order valence-electron chi connectivity index (χ1n) is 9.61. The van der Waals surface area contributed by atoms with Gasteiger partial charge in [-0.1, -0.05) is 34.8 Å². The number of esters is 1. The molecule has 2 heterocycles. The average Bonchev–Trinajstić information content (AvgIpc) is 3.46. The predicted octanol–water partition coefficient (Wildman–Crippen LogP) is 6.17. The lowest BCUT2D eigenvalue weighted by Gasteiger charge is -2.29. The number of carbonyl (C=O) groups excluding carboxylic acids is 1. The number of hydrogen-bond acceptors (Lipinski definition) is 5. The number of methoxy groups -OCH3 is 1. The van der Waals surface area contributed by atoms with Gasteiger partial charge in [-0.25, -0.2) is 18.9 Å². The van der Waals surface area contributed by atoms with Crippen molar-refractivity contribution in [3.05, 3.63) is 74.7 Å². The largest absolute Gasteiger partial charge is 0.465 e. The lowest BCUT2D eigenvalue weighted by Crippen LogP contribution is -2.42. The van der Waals surface area contributed by atoms with E-state index in [0.29, 0.717) is 5.69 Å². The molecule has 0 amide bonds. The quantitative estimate of drug-likeness (QED) is 0.238. The molecule has 1 atom stereocenters. The molecule has 2 aromatic carbocycles. The first-order chi connectivity index (χ1) is 16.4. The third-order valence-electron chi connectivity index (χ3n) is 5.11. The van der Waals surface area contributed by atoms with Crippen LogP contribution in [0.2, 0.25) is 15.1 Å². The van der Waals surface area contributed by atoms with E-state index in [9.17, 15) is 22.4 Å². The summed E-state index contributed by atoms with van der Waals surface area (Å²) >= 11 is 17.7. The molecule has 0 radical (unpaired) electrons. The molecule has 3 aromatic rings. The van der Waals surface area contributed by atoms with Gasteiger partial charge < -0.3 is 4.74 Å². The van der Waals surface area contributed by atoms with E-state index in [0.717, 1.165) is 12.1 Å². The zero-order valence-corrected chi connectivity index (χ0v) is 19.7. The second-order valence-electron chi connectivity index (χ2n) is 7.32. The van der Waals surface area contributed by atoms with Gasteiger partial charge in [0, 0.05) is 6.20 Å². The summed E-state index contributed by atoms with van der Waals surface area (Å²) in [6.45, 7) is 0. The minimum Gasteiger partial charge on any atom is -0.465 e.